The SMILES string of the molecule is C[C@@H]1CN(C(C)(C)/C=C(\C#N)C(=O)N2C3CCC2(COC(=O)N[C@@H](Cc2ccccc2)B(O)O)CC3)CCO1. The molecular weight excluding hydrogens is 499 g/mol. The van der Waals surface area contributed by atoms with Crippen LogP contribution >= 0.6 is 0 Å². The van der Waals surface area contributed by atoms with Gasteiger partial charge in [-0.2, -0.15) is 5.26 Å². The monoisotopic (exact) mass is 538 g/mol. The molecule has 0 aromatic heterocycles. The van der Waals surface area contributed by atoms with Gasteiger partial charge in [0.15, 0.2) is 0 Å². The number of rotatable bonds is 9. The van der Waals surface area contributed by atoms with E-state index in [1.807, 2.05) is 51.1 Å². The Morgan fingerprint density at radius 2 is 2.00 bits per heavy atom. The van der Waals surface area contributed by atoms with Crippen molar-refractivity contribution in [2.24, 2.45) is 0 Å². The summed E-state index contributed by atoms with van der Waals surface area (Å²) in [6, 6.07) is 11.3. The summed E-state index contributed by atoms with van der Waals surface area (Å²) in [5, 5.41) is 32.1. The number of nitriles is 1. The maximum absolute atomic E-state index is 13.8. The Bertz CT molecular complexity index is 1100. The molecule has 3 aliphatic rings. The normalized spacial score (nSPS) is 26.2. The van der Waals surface area contributed by atoms with Gasteiger partial charge >= 0.3 is 13.2 Å². The molecule has 11 heteroatoms. The number of morpholine rings is 1. The Labute approximate surface area is 230 Å². The Balaban J connectivity index is 1.43. The number of benzene rings is 1. The van der Waals surface area contributed by atoms with Crippen LogP contribution in [0, 0.1) is 11.3 Å². The molecule has 1 aromatic rings. The molecule has 2 amide bonds. The van der Waals surface area contributed by atoms with E-state index in [4.69, 9.17) is 9.47 Å². The predicted octanol–water partition coefficient (Wildman–Crippen LogP) is 1.81. The zero-order valence-electron chi connectivity index (χ0n) is 23.0. The molecular formula is C28H39BN4O6. The Morgan fingerprint density at radius 1 is 1.31 bits per heavy atom. The molecule has 39 heavy (non-hydrogen) atoms. The molecule has 4 rings (SSSR count). The Hall–Kier alpha value is -2.91. The van der Waals surface area contributed by atoms with E-state index >= 15 is 0 Å². The third-order valence-corrected chi connectivity index (χ3v) is 8.32. The fourth-order valence-electron chi connectivity index (χ4n) is 6.17. The number of amides is 2. The quantitative estimate of drug-likeness (QED) is 0.246. The van der Waals surface area contributed by atoms with Crippen molar-refractivity contribution in [2.75, 3.05) is 26.3 Å². The summed E-state index contributed by atoms with van der Waals surface area (Å²) in [6.45, 7) is 8.01. The van der Waals surface area contributed by atoms with E-state index in [2.05, 4.69) is 16.3 Å². The number of carbonyl (C=O) groups is 2. The summed E-state index contributed by atoms with van der Waals surface area (Å²) in [5.41, 5.74) is -0.265. The van der Waals surface area contributed by atoms with Crippen molar-refractivity contribution in [1.29, 1.82) is 5.26 Å². The van der Waals surface area contributed by atoms with Crippen LogP contribution in [0.2, 0.25) is 0 Å². The lowest BCUT2D eigenvalue weighted by atomic mass is 9.76. The van der Waals surface area contributed by atoms with Gasteiger partial charge in [-0.05, 0) is 64.5 Å². The zero-order chi connectivity index (χ0) is 28.2. The van der Waals surface area contributed by atoms with Crippen LogP contribution in [0.15, 0.2) is 42.0 Å². The zero-order valence-corrected chi connectivity index (χ0v) is 23.0. The average Bonchev–Trinajstić information content (AvgIpc) is 3.46. The first-order valence-corrected chi connectivity index (χ1v) is 13.7. The number of hydrogen-bond donors (Lipinski definition) is 3. The van der Waals surface area contributed by atoms with Gasteiger partial charge in [-0.25, -0.2) is 4.79 Å². The van der Waals surface area contributed by atoms with Crippen LogP contribution in [-0.4, -0.2) is 94.4 Å². The maximum Gasteiger partial charge on any atom is 0.475 e. The third-order valence-electron chi connectivity index (χ3n) is 8.32. The molecule has 0 spiro atoms. The summed E-state index contributed by atoms with van der Waals surface area (Å²) in [5.74, 6) is -1.28. The first-order chi connectivity index (χ1) is 18.5. The highest BCUT2D eigenvalue weighted by Crippen LogP contribution is 2.47. The van der Waals surface area contributed by atoms with Crippen LogP contribution in [0.5, 0.6) is 0 Å². The van der Waals surface area contributed by atoms with Crippen LogP contribution in [0.25, 0.3) is 0 Å². The number of ether oxygens (including phenoxy) is 2. The topological polar surface area (TPSA) is 135 Å². The highest BCUT2D eigenvalue weighted by Gasteiger charge is 2.55. The van der Waals surface area contributed by atoms with Gasteiger partial charge in [-0.1, -0.05) is 30.3 Å². The minimum atomic E-state index is -1.77. The molecule has 0 radical (unpaired) electrons. The standard InChI is InChI=1S/C28H39BN4O6/c1-20-18-32(13-14-38-20)27(2,3)16-22(17-30)25(34)33-23-9-11-28(33,12-10-23)19-39-26(35)31-24(29(36)37)15-21-7-5-4-6-8-21/h4-8,16,20,23-24,36-37H,9-15,18-19H2,1-3H3,(H,31,35)/b22-16+/t20-,23?,24+,28?/m1/s1. The molecule has 2 atom stereocenters. The van der Waals surface area contributed by atoms with Crippen molar-refractivity contribution in [2.45, 2.75) is 82.0 Å². The summed E-state index contributed by atoms with van der Waals surface area (Å²) in [4.78, 5) is 30.4. The van der Waals surface area contributed by atoms with Gasteiger partial charge < -0.3 is 29.7 Å². The second-order valence-electron chi connectivity index (χ2n) is 11.5. The first kappa shape index (κ1) is 29.1. The molecule has 0 saturated carbocycles. The van der Waals surface area contributed by atoms with Gasteiger partial charge in [-0.15, -0.1) is 0 Å². The molecule has 3 saturated heterocycles. The average molecular weight is 538 g/mol. The number of carbonyl (C=O) groups excluding carboxylic acids is 2. The fraction of sp³-hybridized carbons (Fsp3) is 0.607. The van der Waals surface area contributed by atoms with E-state index < -0.39 is 30.2 Å². The number of alkyl carbamates (subject to hydrolysis) is 1. The summed E-state index contributed by atoms with van der Waals surface area (Å²) >= 11 is 0. The predicted molar refractivity (Wildman–Crippen MR) is 145 cm³/mol. The Kier molecular flexibility index (Phi) is 9.02. The van der Waals surface area contributed by atoms with Crippen molar-refractivity contribution < 1.29 is 29.1 Å². The van der Waals surface area contributed by atoms with Crippen molar-refractivity contribution in [3.05, 3.63) is 47.5 Å². The molecule has 1 aromatic carbocycles. The molecule has 3 heterocycles. The smallest absolute Gasteiger partial charge is 0.447 e. The summed E-state index contributed by atoms with van der Waals surface area (Å²) < 4.78 is 11.2. The van der Waals surface area contributed by atoms with E-state index in [0.717, 1.165) is 18.4 Å². The van der Waals surface area contributed by atoms with Crippen LogP contribution < -0.4 is 5.32 Å². The van der Waals surface area contributed by atoms with Gasteiger partial charge in [0.2, 0.25) is 0 Å². The molecule has 10 nitrogen and oxygen atoms in total. The number of nitrogens with one attached hydrogen (secondary N) is 1. The fourth-order valence-corrected chi connectivity index (χ4v) is 6.17. The molecule has 210 valence electrons. The highest BCUT2D eigenvalue weighted by molar-refractivity contribution is 6.43. The van der Waals surface area contributed by atoms with Crippen LogP contribution in [-0.2, 0) is 20.7 Å². The van der Waals surface area contributed by atoms with E-state index in [-0.39, 0.29) is 36.7 Å². The van der Waals surface area contributed by atoms with Crippen LogP contribution in [0.4, 0.5) is 4.79 Å². The Morgan fingerprint density at radius 3 is 2.62 bits per heavy atom. The van der Waals surface area contributed by atoms with E-state index in [9.17, 15) is 24.9 Å². The highest BCUT2D eigenvalue weighted by atomic mass is 16.6. The third kappa shape index (κ3) is 6.64. The van der Waals surface area contributed by atoms with Crippen molar-refractivity contribution in [1.82, 2.24) is 15.1 Å². The molecule has 3 N–H and O–H groups in total. The second-order valence-corrected chi connectivity index (χ2v) is 11.5. The molecule has 3 fully saturated rings. The summed E-state index contributed by atoms with van der Waals surface area (Å²) in [6.07, 6.45) is 4.19. The van der Waals surface area contributed by atoms with E-state index in [1.165, 1.54) is 0 Å². The molecule has 0 unspecified atom stereocenters. The molecule has 3 aliphatic heterocycles. The molecule has 0 aliphatic carbocycles. The second kappa shape index (κ2) is 12.1. The van der Waals surface area contributed by atoms with Crippen molar-refractivity contribution in [3.8, 4) is 6.07 Å². The lowest BCUT2D eigenvalue weighted by Gasteiger charge is -2.41. The van der Waals surface area contributed by atoms with Gasteiger partial charge in [0.05, 0.1) is 24.2 Å². The maximum atomic E-state index is 13.8. The van der Waals surface area contributed by atoms with Crippen LogP contribution in [0.3, 0.4) is 0 Å². The molecule has 2 bridgehead atoms. The van der Waals surface area contributed by atoms with Gasteiger partial charge in [0.25, 0.3) is 5.91 Å². The lowest BCUT2D eigenvalue weighted by molar-refractivity contribution is -0.132. The van der Waals surface area contributed by atoms with Gasteiger partial charge in [0.1, 0.15) is 18.2 Å². The van der Waals surface area contributed by atoms with Crippen molar-refractivity contribution in [3.63, 3.8) is 0 Å². The number of hydrogen-bond acceptors (Lipinski definition) is 8. The van der Waals surface area contributed by atoms with Gasteiger partial charge in [-0.3, -0.25) is 9.69 Å². The van der Waals surface area contributed by atoms with Crippen LogP contribution in [0.1, 0.15) is 52.0 Å². The van der Waals surface area contributed by atoms with E-state index in [1.54, 1.807) is 11.0 Å². The van der Waals surface area contributed by atoms with E-state index in [0.29, 0.717) is 32.5 Å². The summed E-state index contributed by atoms with van der Waals surface area (Å²) in [7, 11) is -1.77. The lowest BCUT2D eigenvalue weighted by Crippen LogP contribution is -2.53. The number of fused-ring (bicyclic) bond motifs is 2. The number of nitrogens with zero attached hydrogens (tertiary/aromatic N) is 3. The van der Waals surface area contributed by atoms with Gasteiger partial charge in [0, 0.05) is 24.7 Å². The minimum Gasteiger partial charge on any atom is -0.447 e. The van der Waals surface area contributed by atoms with Crippen molar-refractivity contribution >= 4 is 19.1 Å². The minimum absolute atomic E-state index is 0.00229. The first-order valence-electron chi connectivity index (χ1n) is 13.7. The largest absolute Gasteiger partial charge is 0.475 e.